The van der Waals surface area contributed by atoms with Crippen molar-refractivity contribution < 1.29 is 19.7 Å². The van der Waals surface area contributed by atoms with E-state index >= 15 is 0 Å². The first kappa shape index (κ1) is 28.5. The van der Waals surface area contributed by atoms with Gasteiger partial charge >= 0.3 is 5.97 Å². The van der Waals surface area contributed by atoms with Crippen LogP contribution >= 0.6 is 0 Å². The van der Waals surface area contributed by atoms with Gasteiger partial charge in [0, 0.05) is 23.6 Å². The lowest BCUT2D eigenvalue weighted by molar-refractivity contribution is -0.132. The molecule has 0 saturated carbocycles. The minimum Gasteiger partial charge on any atom is -0.508 e. The lowest BCUT2D eigenvalue weighted by Crippen LogP contribution is -2.25. The Morgan fingerprint density at radius 1 is 0.938 bits per heavy atom. The predicted octanol–water partition coefficient (Wildman–Crippen LogP) is 7.72. The van der Waals surface area contributed by atoms with Gasteiger partial charge in [-0.2, -0.15) is 0 Å². The van der Waals surface area contributed by atoms with E-state index in [-0.39, 0.29) is 17.1 Å². The number of phenols is 1. The van der Waals surface area contributed by atoms with Crippen molar-refractivity contribution in [3.63, 3.8) is 0 Å². The summed E-state index contributed by atoms with van der Waals surface area (Å²) in [7, 11) is 0. The van der Waals surface area contributed by atoms with Crippen LogP contribution in [0.4, 0.5) is 0 Å². The fourth-order valence-electron chi connectivity index (χ4n) is 4.52. The summed E-state index contributed by atoms with van der Waals surface area (Å²) in [5, 5.41) is 22.9. The van der Waals surface area contributed by atoms with Crippen LogP contribution in [0.25, 0.3) is 0 Å². The molecule has 4 heteroatoms. The monoisotopic (exact) mass is 448 g/mol. The summed E-state index contributed by atoms with van der Waals surface area (Å²) in [5.74, 6) is 0.254. The van der Waals surface area contributed by atoms with Crippen LogP contribution in [0.1, 0.15) is 136 Å². The van der Waals surface area contributed by atoms with E-state index < -0.39 is 17.5 Å². The quantitative estimate of drug-likeness (QED) is 0.206. The molecule has 0 spiro atoms. The topological polar surface area (TPSA) is 66.8 Å². The molecule has 1 aromatic carbocycles. The molecule has 0 saturated heterocycles. The Morgan fingerprint density at radius 3 is 1.81 bits per heavy atom. The van der Waals surface area contributed by atoms with Gasteiger partial charge in [-0.1, -0.05) is 93.9 Å². The SMILES string of the molecule is CCCCCC(CCCCC)C(O)c1c(O)cc(C(C)(C)C)c(OC(C)=O)c1C(C)(C)C. The Kier molecular flexibility index (Phi) is 10.7. The molecule has 0 radical (unpaired) electrons. The van der Waals surface area contributed by atoms with Crippen LogP contribution in [-0.2, 0) is 15.6 Å². The molecule has 0 aliphatic heterocycles. The standard InChI is InChI=1S/C28H48O4/c1-10-12-14-16-20(17-15-13-11-2)25(31)23-22(30)18-21(27(4,5)6)26(32-19(3)29)24(23)28(7,8)9/h18,20,25,30-31H,10-17H2,1-9H3. The molecular formula is C28H48O4. The second-order valence-corrected chi connectivity index (χ2v) is 11.4. The third-order valence-electron chi connectivity index (χ3n) is 6.20. The van der Waals surface area contributed by atoms with Gasteiger partial charge in [0.1, 0.15) is 11.5 Å². The molecule has 32 heavy (non-hydrogen) atoms. The van der Waals surface area contributed by atoms with Crippen LogP contribution in [0.5, 0.6) is 11.5 Å². The molecule has 0 amide bonds. The van der Waals surface area contributed by atoms with E-state index in [1.807, 2.05) is 41.5 Å². The molecule has 0 aliphatic rings. The van der Waals surface area contributed by atoms with E-state index in [9.17, 15) is 15.0 Å². The van der Waals surface area contributed by atoms with Crippen molar-refractivity contribution in [3.8, 4) is 11.5 Å². The highest BCUT2D eigenvalue weighted by molar-refractivity contribution is 5.72. The number of esters is 1. The predicted molar refractivity (Wildman–Crippen MR) is 134 cm³/mol. The summed E-state index contributed by atoms with van der Waals surface area (Å²) < 4.78 is 5.79. The third-order valence-corrected chi connectivity index (χ3v) is 6.20. The number of unbranched alkanes of at least 4 members (excludes halogenated alkanes) is 4. The summed E-state index contributed by atoms with van der Waals surface area (Å²) in [6, 6.07) is 1.70. The Hall–Kier alpha value is -1.55. The van der Waals surface area contributed by atoms with Crippen molar-refractivity contribution in [3.05, 3.63) is 22.8 Å². The van der Waals surface area contributed by atoms with Crippen LogP contribution < -0.4 is 4.74 Å². The van der Waals surface area contributed by atoms with Gasteiger partial charge in [0.05, 0.1) is 6.10 Å². The zero-order valence-electron chi connectivity index (χ0n) is 22.1. The van der Waals surface area contributed by atoms with Gasteiger partial charge in [0.2, 0.25) is 0 Å². The van der Waals surface area contributed by atoms with Crippen molar-refractivity contribution in [1.82, 2.24) is 0 Å². The minimum atomic E-state index is -0.804. The first-order chi connectivity index (χ1) is 14.8. The summed E-state index contributed by atoms with van der Waals surface area (Å²) in [4.78, 5) is 12.1. The molecule has 184 valence electrons. The number of aliphatic hydroxyl groups is 1. The summed E-state index contributed by atoms with van der Waals surface area (Å²) in [5.41, 5.74) is 1.27. The van der Waals surface area contributed by atoms with Crippen LogP contribution in [0.15, 0.2) is 6.07 Å². The smallest absolute Gasteiger partial charge is 0.308 e. The lowest BCUT2D eigenvalue weighted by Gasteiger charge is -2.35. The normalized spacial score (nSPS) is 13.5. The molecule has 1 unspecified atom stereocenters. The Bertz CT molecular complexity index is 727. The number of aliphatic hydroxyl groups excluding tert-OH is 1. The zero-order valence-corrected chi connectivity index (χ0v) is 22.1. The lowest BCUT2D eigenvalue weighted by atomic mass is 9.73. The number of carbonyl (C=O) groups excluding carboxylic acids is 1. The minimum absolute atomic E-state index is 0.0609. The van der Waals surface area contributed by atoms with Gasteiger partial charge in [-0.25, -0.2) is 0 Å². The van der Waals surface area contributed by atoms with Gasteiger partial charge in [-0.3, -0.25) is 4.79 Å². The van der Waals surface area contributed by atoms with Gasteiger partial charge in [-0.05, 0) is 35.7 Å². The van der Waals surface area contributed by atoms with Gasteiger partial charge in [0.25, 0.3) is 0 Å². The number of phenolic OH excluding ortho intramolecular Hbond substituents is 1. The molecule has 4 nitrogen and oxygen atoms in total. The van der Waals surface area contributed by atoms with E-state index in [0.717, 1.165) is 62.5 Å². The van der Waals surface area contributed by atoms with E-state index in [4.69, 9.17) is 4.74 Å². The molecule has 0 aromatic heterocycles. The Morgan fingerprint density at radius 2 is 1.44 bits per heavy atom. The van der Waals surface area contributed by atoms with Gasteiger partial charge < -0.3 is 14.9 Å². The molecule has 1 rings (SSSR count). The molecule has 0 aliphatic carbocycles. The molecule has 0 heterocycles. The first-order valence-corrected chi connectivity index (χ1v) is 12.5. The van der Waals surface area contributed by atoms with Crippen molar-refractivity contribution in [2.24, 2.45) is 5.92 Å². The maximum atomic E-state index is 12.1. The number of rotatable bonds is 11. The summed E-state index contributed by atoms with van der Waals surface area (Å²) >= 11 is 0. The van der Waals surface area contributed by atoms with E-state index in [2.05, 4.69) is 13.8 Å². The fourth-order valence-corrected chi connectivity index (χ4v) is 4.52. The fraction of sp³-hybridized carbons (Fsp3) is 0.750. The second kappa shape index (κ2) is 12.1. The number of hydrogen-bond donors (Lipinski definition) is 2. The van der Waals surface area contributed by atoms with Crippen molar-refractivity contribution in [1.29, 1.82) is 0 Å². The number of aromatic hydroxyl groups is 1. The Labute approximate surface area is 196 Å². The number of hydrogen-bond acceptors (Lipinski definition) is 4. The zero-order chi connectivity index (χ0) is 24.7. The molecule has 0 fully saturated rings. The molecule has 1 atom stereocenters. The highest BCUT2D eigenvalue weighted by Gasteiger charge is 2.36. The van der Waals surface area contributed by atoms with E-state index in [1.54, 1.807) is 6.07 Å². The summed E-state index contributed by atoms with van der Waals surface area (Å²) in [6.07, 6.45) is 7.70. The average Bonchev–Trinajstić information content (AvgIpc) is 2.65. The number of benzene rings is 1. The molecule has 0 bridgehead atoms. The Balaban J connectivity index is 3.71. The maximum Gasteiger partial charge on any atom is 0.308 e. The molecular weight excluding hydrogens is 400 g/mol. The largest absolute Gasteiger partial charge is 0.508 e. The van der Waals surface area contributed by atoms with Gasteiger partial charge in [0.15, 0.2) is 0 Å². The van der Waals surface area contributed by atoms with E-state index in [0.29, 0.717) is 11.3 Å². The highest BCUT2D eigenvalue weighted by atomic mass is 16.5. The highest BCUT2D eigenvalue weighted by Crippen LogP contribution is 2.49. The maximum absolute atomic E-state index is 12.1. The van der Waals surface area contributed by atoms with Crippen LogP contribution in [0.3, 0.4) is 0 Å². The van der Waals surface area contributed by atoms with Gasteiger partial charge in [-0.15, -0.1) is 0 Å². The first-order valence-electron chi connectivity index (χ1n) is 12.5. The van der Waals surface area contributed by atoms with E-state index in [1.165, 1.54) is 6.92 Å². The third kappa shape index (κ3) is 7.79. The number of carbonyl (C=O) groups is 1. The summed E-state index contributed by atoms with van der Waals surface area (Å²) in [6.45, 7) is 18.0. The van der Waals surface area contributed by atoms with Crippen molar-refractivity contribution >= 4 is 5.97 Å². The van der Waals surface area contributed by atoms with Crippen LogP contribution in [0, 0.1) is 5.92 Å². The van der Waals surface area contributed by atoms with Crippen LogP contribution in [0.2, 0.25) is 0 Å². The molecule has 1 aromatic rings. The number of ether oxygens (including phenoxy) is 1. The van der Waals surface area contributed by atoms with Crippen LogP contribution in [-0.4, -0.2) is 16.2 Å². The average molecular weight is 449 g/mol. The van der Waals surface area contributed by atoms with Crippen molar-refractivity contribution in [2.45, 2.75) is 131 Å². The van der Waals surface area contributed by atoms with Crippen molar-refractivity contribution in [2.75, 3.05) is 0 Å². The molecule has 2 N–H and O–H groups in total. The second-order valence-electron chi connectivity index (χ2n) is 11.4.